The van der Waals surface area contributed by atoms with E-state index in [1.165, 1.54) is 0 Å². The average molecular weight is 325 g/mol. The number of ether oxygens (including phenoxy) is 1. The van der Waals surface area contributed by atoms with Crippen LogP contribution in [0.1, 0.15) is 10.4 Å². The molecular formula is C19H23N3O2. The normalized spacial score (nSPS) is 15.0. The Kier molecular flexibility index (Phi) is 5.82. The van der Waals surface area contributed by atoms with Crippen molar-refractivity contribution >= 4 is 5.91 Å². The predicted octanol–water partition coefficient (Wildman–Crippen LogP) is 2.11. The Labute approximate surface area is 142 Å². The average Bonchev–Trinajstić information content (AvgIpc) is 2.64. The predicted molar refractivity (Wildman–Crippen MR) is 94.6 cm³/mol. The standard InChI is InChI=1S/C19H23N3O2/c23-19(21-12-15-22-13-10-20-11-14-22)17-8-4-5-9-18(17)24-16-6-2-1-3-7-16/h1-9,20H,10-15H2,(H,21,23). The van der Waals surface area contributed by atoms with Crippen molar-refractivity contribution in [1.82, 2.24) is 15.5 Å². The summed E-state index contributed by atoms with van der Waals surface area (Å²) >= 11 is 0. The van der Waals surface area contributed by atoms with Gasteiger partial charge in [0.1, 0.15) is 11.5 Å². The highest BCUT2D eigenvalue weighted by molar-refractivity contribution is 5.97. The smallest absolute Gasteiger partial charge is 0.255 e. The summed E-state index contributed by atoms with van der Waals surface area (Å²) in [6.45, 7) is 5.60. The maximum atomic E-state index is 12.5. The molecule has 0 aromatic heterocycles. The Morgan fingerprint density at radius 1 is 1.04 bits per heavy atom. The highest BCUT2D eigenvalue weighted by Crippen LogP contribution is 2.24. The molecule has 0 unspecified atom stereocenters. The summed E-state index contributed by atoms with van der Waals surface area (Å²) in [7, 11) is 0. The van der Waals surface area contributed by atoms with E-state index < -0.39 is 0 Å². The fourth-order valence-corrected chi connectivity index (χ4v) is 2.72. The van der Waals surface area contributed by atoms with Gasteiger partial charge in [-0.3, -0.25) is 9.69 Å². The molecule has 2 N–H and O–H groups in total. The van der Waals surface area contributed by atoms with Crippen LogP contribution in [0.5, 0.6) is 11.5 Å². The van der Waals surface area contributed by atoms with E-state index in [4.69, 9.17) is 4.74 Å². The van der Waals surface area contributed by atoms with Gasteiger partial charge in [-0.2, -0.15) is 0 Å². The Hall–Kier alpha value is -2.37. The monoisotopic (exact) mass is 325 g/mol. The summed E-state index contributed by atoms with van der Waals surface area (Å²) < 4.78 is 5.85. The van der Waals surface area contributed by atoms with Gasteiger partial charge in [0.25, 0.3) is 5.91 Å². The number of carbonyl (C=O) groups excluding carboxylic acids is 1. The van der Waals surface area contributed by atoms with Crippen molar-refractivity contribution in [2.24, 2.45) is 0 Å². The molecule has 126 valence electrons. The molecule has 5 nitrogen and oxygen atoms in total. The molecule has 5 heteroatoms. The molecule has 1 fully saturated rings. The third kappa shape index (κ3) is 4.57. The minimum Gasteiger partial charge on any atom is -0.457 e. The number of nitrogens with one attached hydrogen (secondary N) is 2. The SMILES string of the molecule is O=C(NCCN1CCNCC1)c1ccccc1Oc1ccccc1. The fourth-order valence-electron chi connectivity index (χ4n) is 2.72. The number of hydrogen-bond donors (Lipinski definition) is 2. The van der Waals surface area contributed by atoms with Gasteiger partial charge in [0.15, 0.2) is 0 Å². The van der Waals surface area contributed by atoms with E-state index in [1.54, 1.807) is 6.07 Å². The van der Waals surface area contributed by atoms with E-state index in [9.17, 15) is 4.79 Å². The summed E-state index contributed by atoms with van der Waals surface area (Å²) in [6, 6.07) is 16.8. The van der Waals surface area contributed by atoms with Crippen molar-refractivity contribution in [2.75, 3.05) is 39.3 Å². The second-order valence-corrected chi connectivity index (χ2v) is 5.76. The minimum atomic E-state index is -0.100. The van der Waals surface area contributed by atoms with Crippen LogP contribution in [0, 0.1) is 0 Å². The molecule has 3 rings (SSSR count). The number of rotatable bonds is 6. The van der Waals surface area contributed by atoms with E-state index in [0.29, 0.717) is 17.9 Å². The van der Waals surface area contributed by atoms with Crippen molar-refractivity contribution in [3.8, 4) is 11.5 Å². The van der Waals surface area contributed by atoms with Crippen LogP contribution >= 0.6 is 0 Å². The topological polar surface area (TPSA) is 53.6 Å². The number of benzene rings is 2. The molecule has 0 spiro atoms. The molecule has 0 radical (unpaired) electrons. The maximum absolute atomic E-state index is 12.5. The van der Waals surface area contributed by atoms with Crippen LogP contribution in [0.3, 0.4) is 0 Å². The number of amides is 1. The van der Waals surface area contributed by atoms with Gasteiger partial charge in [0.05, 0.1) is 5.56 Å². The second-order valence-electron chi connectivity index (χ2n) is 5.76. The first-order valence-electron chi connectivity index (χ1n) is 8.36. The summed E-state index contributed by atoms with van der Waals surface area (Å²) in [5.41, 5.74) is 0.557. The van der Waals surface area contributed by atoms with E-state index in [1.807, 2.05) is 48.5 Å². The van der Waals surface area contributed by atoms with Crippen LogP contribution in [0.2, 0.25) is 0 Å². The third-order valence-electron chi connectivity index (χ3n) is 4.03. The van der Waals surface area contributed by atoms with Crippen LogP contribution in [-0.4, -0.2) is 50.1 Å². The minimum absolute atomic E-state index is 0.100. The van der Waals surface area contributed by atoms with Crippen LogP contribution in [0.25, 0.3) is 0 Å². The van der Waals surface area contributed by atoms with E-state index in [-0.39, 0.29) is 5.91 Å². The van der Waals surface area contributed by atoms with Crippen molar-refractivity contribution in [3.63, 3.8) is 0 Å². The van der Waals surface area contributed by atoms with Gasteiger partial charge in [0, 0.05) is 39.3 Å². The van der Waals surface area contributed by atoms with Crippen molar-refractivity contribution in [3.05, 3.63) is 60.2 Å². The van der Waals surface area contributed by atoms with E-state index >= 15 is 0 Å². The molecular weight excluding hydrogens is 302 g/mol. The first kappa shape index (κ1) is 16.5. The molecule has 2 aromatic rings. The first-order valence-corrected chi connectivity index (χ1v) is 8.36. The number of para-hydroxylation sites is 2. The van der Waals surface area contributed by atoms with Crippen molar-refractivity contribution in [1.29, 1.82) is 0 Å². The Morgan fingerprint density at radius 2 is 1.75 bits per heavy atom. The van der Waals surface area contributed by atoms with Gasteiger partial charge in [-0.15, -0.1) is 0 Å². The zero-order chi connectivity index (χ0) is 16.6. The van der Waals surface area contributed by atoms with Crippen molar-refractivity contribution < 1.29 is 9.53 Å². The highest BCUT2D eigenvalue weighted by atomic mass is 16.5. The molecule has 24 heavy (non-hydrogen) atoms. The Balaban J connectivity index is 1.58. The van der Waals surface area contributed by atoms with Gasteiger partial charge >= 0.3 is 0 Å². The number of nitrogens with zero attached hydrogens (tertiary/aromatic N) is 1. The first-order chi connectivity index (χ1) is 11.8. The lowest BCUT2D eigenvalue weighted by Crippen LogP contribution is -2.46. The molecule has 0 bridgehead atoms. The summed E-state index contributed by atoms with van der Waals surface area (Å²) in [6.07, 6.45) is 0. The van der Waals surface area contributed by atoms with Gasteiger partial charge in [-0.25, -0.2) is 0 Å². The summed E-state index contributed by atoms with van der Waals surface area (Å²) in [5, 5.41) is 6.32. The zero-order valence-corrected chi connectivity index (χ0v) is 13.7. The Morgan fingerprint density at radius 3 is 2.54 bits per heavy atom. The van der Waals surface area contributed by atoms with E-state index in [0.717, 1.165) is 38.5 Å². The van der Waals surface area contributed by atoms with Gasteiger partial charge in [0.2, 0.25) is 0 Å². The van der Waals surface area contributed by atoms with E-state index in [2.05, 4.69) is 15.5 Å². The van der Waals surface area contributed by atoms with Gasteiger partial charge in [-0.05, 0) is 24.3 Å². The molecule has 1 aliphatic rings. The highest BCUT2D eigenvalue weighted by Gasteiger charge is 2.14. The number of hydrogen-bond acceptors (Lipinski definition) is 4. The second kappa shape index (κ2) is 8.47. The molecule has 0 saturated carbocycles. The fraction of sp³-hybridized carbons (Fsp3) is 0.316. The molecule has 1 heterocycles. The number of piperazine rings is 1. The largest absolute Gasteiger partial charge is 0.457 e. The van der Waals surface area contributed by atoms with Gasteiger partial charge < -0.3 is 15.4 Å². The van der Waals surface area contributed by atoms with Crippen LogP contribution in [0.4, 0.5) is 0 Å². The molecule has 1 amide bonds. The lowest BCUT2D eigenvalue weighted by Gasteiger charge is -2.27. The molecule has 1 aliphatic heterocycles. The third-order valence-corrected chi connectivity index (χ3v) is 4.03. The molecule has 1 saturated heterocycles. The van der Waals surface area contributed by atoms with Crippen LogP contribution in [0.15, 0.2) is 54.6 Å². The molecule has 2 aromatic carbocycles. The van der Waals surface area contributed by atoms with Crippen LogP contribution in [-0.2, 0) is 0 Å². The zero-order valence-electron chi connectivity index (χ0n) is 13.7. The van der Waals surface area contributed by atoms with Crippen LogP contribution < -0.4 is 15.4 Å². The lowest BCUT2D eigenvalue weighted by atomic mass is 10.2. The van der Waals surface area contributed by atoms with Crippen molar-refractivity contribution in [2.45, 2.75) is 0 Å². The lowest BCUT2D eigenvalue weighted by molar-refractivity contribution is 0.0945. The van der Waals surface area contributed by atoms with Gasteiger partial charge in [-0.1, -0.05) is 30.3 Å². The summed E-state index contributed by atoms with van der Waals surface area (Å²) in [5.74, 6) is 1.19. The molecule has 0 atom stereocenters. The summed E-state index contributed by atoms with van der Waals surface area (Å²) in [4.78, 5) is 14.8. The Bertz CT molecular complexity index is 655. The maximum Gasteiger partial charge on any atom is 0.255 e. The number of carbonyl (C=O) groups is 1. The quantitative estimate of drug-likeness (QED) is 0.854. The molecule has 0 aliphatic carbocycles.